The van der Waals surface area contributed by atoms with E-state index in [1.807, 2.05) is 6.07 Å². The Morgan fingerprint density at radius 3 is 2.76 bits per heavy atom. The summed E-state index contributed by atoms with van der Waals surface area (Å²) >= 11 is 7.70. The Morgan fingerprint density at radius 2 is 2.06 bits per heavy atom. The molecule has 12 heteroatoms. The number of nitrogens with one attached hydrogen (secondary N) is 1. The Morgan fingerprint density at radius 1 is 1.27 bits per heavy atom. The van der Waals surface area contributed by atoms with E-state index >= 15 is 0 Å². The van der Waals surface area contributed by atoms with Gasteiger partial charge in [0, 0.05) is 29.3 Å². The summed E-state index contributed by atoms with van der Waals surface area (Å²) in [5.41, 5.74) is 0.719. The predicted octanol–water partition coefficient (Wildman–Crippen LogP) is 4.47. The fraction of sp³-hybridized carbons (Fsp3) is 0.0476. The average Bonchev–Trinajstić information content (AvgIpc) is 3.40. The maximum atomic E-state index is 13.0. The summed E-state index contributed by atoms with van der Waals surface area (Å²) in [6.07, 6.45) is 3.03. The Labute approximate surface area is 201 Å². The Hall–Kier alpha value is -3.61. The molecule has 9 nitrogen and oxygen atoms in total. The summed E-state index contributed by atoms with van der Waals surface area (Å²) < 4.78 is 5.94. The second-order valence-electron chi connectivity index (χ2n) is 6.51. The second kappa shape index (κ2) is 9.90. The van der Waals surface area contributed by atoms with Gasteiger partial charge < -0.3 is 4.74 Å². The molecule has 3 aromatic rings. The van der Waals surface area contributed by atoms with Crippen molar-refractivity contribution in [3.8, 4) is 5.75 Å². The normalized spacial score (nSPS) is 14.5. The van der Waals surface area contributed by atoms with Crippen molar-refractivity contribution in [3.05, 3.63) is 80.7 Å². The maximum Gasteiger partial charge on any atom is 0.270 e. The maximum absolute atomic E-state index is 13.0. The van der Waals surface area contributed by atoms with Crippen molar-refractivity contribution in [1.82, 2.24) is 4.98 Å². The van der Waals surface area contributed by atoms with E-state index in [1.54, 1.807) is 35.8 Å². The van der Waals surface area contributed by atoms with Crippen molar-refractivity contribution in [2.24, 2.45) is 0 Å². The van der Waals surface area contributed by atoms with Gasteiger partial charge in [0.15, 0.2) is 16.1 Å². The lowest BCUT2D eigenvalue weighted by atomic mass is 10.1. The number of carbonyl (C=O) groups is 2. The van der Waals surface area contributed by atoms with Crippen molar-refractivity contribution in [2.75, 3.05) is 16.8 Å². The first kappa shape index (κ1) is 22.6. The minimum absolute atomic E-state index is 0.181. The van der Waals surface area contributed by atoms with E-state index in [0.717, 1.165) is 11.8 Å². The van der Waals surface area contributed by atoms with Gasteiger partial charge in [-0.25, -0.2) is 4.98 Å². The van der Waals surface area contributed by atoms with E-state index in [9.17, 15) is 19.7 Å². The summed E-state index contributed by atoms with van der Waals surface area (Å²) in [4.78, 5) is 41.5. The quantitative estimate of drug-likeness (QED) is 0.220. The highest BCUT2D eigenvalue weighted by Crippen LogP contribution is 2.37. The first-order valence-corrected chi connectivity index (χ1v) is 11.5. The van der Waals surface area contributed by atoms with Crippen LogP contribution in [0.25, 0.3) is 6.08 Å². The molecular formula is C21H14N4O5S3. The molecule has 0 unspecified atom stereocenters. The van der Waals surface area contributed by atoms with Gasteiger partial charge in [0.05, 0.1) is 15.5 Å². The highest BCUT2D eigenvalue weighted by atomic mass is 32.2. The van der Waals surface area contributed by atoms with Crippen LogP contribution in [-0.4, -0.2) is 32.6 Å². The van der Waals surface area contributed by atoms with Crippen LogP contribution in [0, 0.1) is 10.1 Å². The van der Waals surface area contributed by atoms with Gasteiger partial charge in [0.25, 0.3) is 17.5 Å². The molecule has 2 aromatic carbocycles. The van der Waals surface area contributed by atoms with Crippen LogP contribution in [0.5, 0.6) is 5.75 Å². The van der Waals surface area contributed by atoms with Crippen molar-refractivity contribution >= 4 is 74.0 Å². The SMILES string of the molecule is O=C(COc1ccc([N+](=O)[O-])cc1/C=C1\SC(=S)N(c2ccccc2)C1=O)Nc1nccs1. The molecule has 1 aromatic heterocycles. The zero-order valence-electron chi connectivity index (χ0n) is 16.7. The van der Waals surface area contributed by atoms with E-state index in [1.165, 1.54) is 40.5 Å². The van der Waals surface area contributed by atoms with Gasteiger partial charge in [0.2, 0.25) is 0 Å². The number of rotatable bonds is 7. The number of nitrogens with zero attached hydrogens (tertiary/aromatic N) is 3. The molecule has 1 aliphatic rings. The Bertz CT molecular complexity index is 1260. The highest BCUT2D eigenvalue weighted by molar-refractivity contribution is 8.27. The number of hydrogen-bond acceptors (Lipinski definition) is 9. The first-order chi connectivity index (χ1) is 15.9. The molecule has 0 atom stereocenters. The molecule has 1 aliphatic heterocycles. The summed E-state index contributed by atoms with van der Waals surface area (Å²) in [6, 6.07) is 12.9. The Balaban J connectivity index is 1.59. The number of ether oxygens (including phenoxy) is 1. The monoisotopic (exact) mass is 498 g/mol. The zero-order valence-corrected chi connectivity index (χ0v) is 19.1. The molecule has 0 radical (unpaired) electrons. The van der Waals surface area contributed by atoms with E-state index in [4.69, 9.17) is 17.0 Å². The van der Waals surface area contributed by atoms with Crippen LogP contribution in [0.15, 0.2) is 65.0 Å². The summed E-state index contributed by atoms with van der Waals surface area (Å²) in [5.74, 6) is -0.584. The molecule has 33 heavy (non-hydrogen) atoms. The molecule has 2 heterocycles. The number of carbonyl (C=O) groups excluding carboxylic acids is 2. The third-order valence-electron chi connectivity index (χ3n) is 4.34. The number of anilines is 2. The minimum atomic E-state index is -0.550. The number of thiazole rings is 1. The molecule has 1 N–H and O–H groups in total. The Kier molecular flexibility index (Phi) is 6.77. The number of aromatic nitrogens is 1. The molecule has 1 saturated heterocycles. The predicted molar refractivity (Wildman–Crippen MR) is 131 cm³/mol. The number of para-hydroxylation sites is 1. The molecule has 1 fully saturated rings. The van der Waals surface area contributed by atoms with Crippen LogP contribution in [0.2, 0.25) is 0 Å². The standard InChI is InChI=1S/C21H14N4O5S3/c26-18(23-20-22-8-9-32-20)12-30-16-7-6-15(25(28)29)10-13(16)11-17-19(27)24(21(31)33-17)14-4-2-1-3-5-14/h1-11H,12H2,(H,22,23,26)/b17-11-. The van der Waals surface area contributed by atoms with Crippen LogP contribution in [0.4, 0.5) is 16.5 Å². The van der Waals surface area contributed by atoms with Gasteiger partial charge in [-0.2, -0.15) is 0 Å². The summed E-state index contributed by atoms with van der Waals surface area (Å²) in [5, 5.41) is 16.0. The number of thiocarbonyl (C=S) groups is 1. The molecule has 4 rings (SSSR count). The van der Waals surface area contributed by atoms with Crippen molar-refractivity contribution in [1.29, 1.82) is 0 Å². The molecule has 0 aliphatic carbocycles. The smallest absolute Gasteiger partial charge is 0.270 e. The van der Waals surface area contributed by atoms with Gasteiger partial charge in [-0.05, 0) is 24.3 Å². The minimum Gasteiger partial charge on any atom is -0.483 e. The van der Waals surface area contributed by atoms with Crippen LogP contribution >= 0.6 is 35.3 Å². The zero-order chi connectivity index (χ0) is 23.4. The third kappa shape index (κ3) is 5.25. The summed E-state index contributed by atoms with van der Waals surface area (Å²) in [7, 11) is 0. The molecule has 166 valence electrons. The molecule has 0 spiro atoms. The number of thioether (sulfide) groups is 1. The lowest BCUT2D eigenvalue weighted by molar-refractivity contribution is -0.384. The largest absolute Gasteiger partial charge is 0.483 e. The van der Waals surface area contributed by atoms with Crippen LogP contribution in [-0.2, 0) is 9.59 Å². The van der Waals surface area contributed by atoms with Gasteiger partial charge in [-0.1, -0.05) is 42.2 Å². The lowest BCUT2D eigenvalue weighted by Gasteiger charge is -2.14. The number of nitro benzene ring substituents is 1. The number of benzene rings is 2. The van der Waals surface area contributed by atoms with Crippen molar-refractivity contribution in [2.45, 2.75) is 0 Å². The number of hydrogen-bond donors (Lipinski definition) is 1. The van der Waals surface area contributed by atoms with Gasteiger partial charge in [-0.3, -0.25) is 29.9 Å². The number of nitro groups is 1. The number of non-ortho nitro benzene ring substituents is 1. The fourth-order valence-corrected chi connectivity index (χ4v) is 4.72. The van der Waals surface area contributed by atoms with E-state index < -0.39 is 10.8 Å². The number of amides is 2. The molecule has 0 bridgehead atoms. The van der Waals surface area contributed by atoms with Crippen LogP contribution in [0.1, 0.15) is 5.56 Å². The first-order valence-electron chi connectivity index (χ1n) is 9.36. The van der Waals surface area contributed by atoms with Crippen molar-refractivity contribution < 1.29 is 19.2 Å². The average molecular weight is 499 g/mol. The van der Waals surface area contributed by atoms with Gasteiger partial charge in [-0.15, -0.1) is 11.3 Å². The van der Waals surface area contributed by atoms with Crippen LogP contribution in [0.3, 0.4) is 0 Å². The van der Waals surface area contributed by atoms with E-state index in [2.05, 4.69) is 10.3 Å². The van der Waals surface area contributed by atoms with Crippen molar-refractivity contribution in [3.63, 3.8) is 0 Å². The van der Waals surface area contributed by atoms with Gasteiger partial charge >= 0.3 is 0 Å². The lowest BCUT2D eigenvalue weighted by Crippen LogP contribution is -2.27. The van der Waals surface area contributed by atoms with E-state index in [0.29, 0.717) is 15.1 Å². The van der Waals surface area contributed by atoms with Crippen LogP contribution < -0.4 is 15.0 Å². The fourth-order valence-electron chi connectivity index (χ4n) is 2.89. The molecular weight excluding hydrogens is 484 g/mol. The topological polar surface area (TPSA) is 115 Å². The summed E-state index contributed by atoms with van der Waals surface area (Å²) in [6.45, 7) is -0.344. The highest BCUT2D eigenvalue weighted by Gasteiger charge is 2.33. The molecule has 0 saturated carbocycles. The second-order valence-corrected chi connectivity index (χ2v) is 9.08. The third-order valence-corrected chi connectivity index (χ3v) is 6.33. The van der Waals surface area contributed by atoms with E-state index in [-0.39, 0.29) is 34.4 Å². The van der Waals surface area contributed by atoms with Gasteiger partial charge in [0.1, 0.15) is 5.75 Å². The molecule has 2 amide bonds.